The van der Waals surface area contributed by atoms with Gasteiger partial charge in [-0.3, -0.25) is 4.79 Å². The highest BCUT2D eigenvalue weighted by Gasteiger charge is 2.36. The molecule has 2 aliphatic heterocycles. The van der Waals surface area contributed by atoms with Crippen LogP contribution in [0.3, 0.4) is 0 Å². The maximum Gasteiger partial charge on any atom is 0.291 e. The number of benzene rings is 1. The van der Waals surface area contributed by atoms with E-state index < -0.39 is 10.2 Å². The molecule has 0 aliphatic carbocycles. The Hall–Kier alpha value is -3.12. The van der Waals surface area contributed by atoms with E-state index in [1.165, 1.54) is 14.8 Å². The SMILES string of the molecule is Cc1cc(-c2cnc(C(=O)N3CCN(S(=O)(=O)N4CCc5c(Cl)cccc5C4)CC3)nc2)cc[n+]1[O-]. The molecule has 1 fully saturated rings. The number of rotatable bonds is 4. The fourth-order valence-corrected chi connectivity index (χ4v) is 6.39. The Kier molecular flexibility index (Phi) is 6.64. The molecule has 12 heteroatoms. The number of pyridine rings is 1. The van der Waals surface area contributed by atoms with Crippen molar-refractivity contribution in [3.8, 4) is 11.1 Å². The van der Waals surface area contributed by atoms with Crippen molar-refractivity contribution in [2.75, 3.05) is 32.7 Å². The van der Waals surface area contributed by atoms with Crippen LogP contribution in [0, 0.1) is 12.1 Å². The standard InChI is InChI=1S/C24H25ClN6O4S/c1-17-13-18(5-8-31(17)33)20-14-26-23(27-15-20)24(32)28-9-11-29(12-10-28)36(34,35)30-7-6-21-19(16-30)3-2-4-22(21)25/h2-5,8,13-15H,6-7,9-12,16H2,1H3. The number of aromatic nitrogens is 3. The molecular formula is C24H25ClN6O4S. The minimum absolute atomic E-state index is 0.0473. The van der Waals surface area contributed by atoms with Crippen LogP contribution < -0.4 is 4.73 Å². The van der Waals surface area contributed by atoms with Gasteiger partial charge in [0.1, 0.15) is 0 Å². The van der Waals surface area contributed by atoms with Gasteiger partial charge in [-0.2, -0.15) is 21.8 Å². The van der Waals surface area contributed by atoms with Crippen LogP contribution >= 0.6 is 11.6 Å². The van der Waals surface area contributed by atoms with Gasteiger partial charge in [0.2, 0.25) is 5.82 Å². The molecule has 0 saturated carbocycles. The Labute approximate surface area is 214 Å². The molecule has 0 unspecified atom stereocenters. The molecule has 0 atom stereocenters. The van der Waals surface area contributed by atoms with E-state index in [2.05, 4.69) is 9.97 Å². The van der Waals surface area contributed by atoms with E-state index in [1.54, 1.807) is 36.4 Å². The molecule has 2 aliphatic rings. The third kappa shape index (κ3) is 4.66. The number of amides is 1. The summed E-state index contributed by atoms with van der Waals surface area (Å²) in [5.41, 5.74) is 3.93. The number of fused-ring (bicyclic) bond motifs is 1. The minimum atomic E-state index is -3.67. The first-order valence-corrected chi connectivity index (χ1v) is 13.3. The molecule has 2 aromatic heterocycles. The lowest BCUT2D eigenvalue weighted by Crippen LogP contribution is -2.54. The highest BCUT2D eigenvalue weighted by atomic mass is 35.5. The highest BCUT2D eigenvalue weighted by Crippen LogP contribution is 2.28. The number of nitrogens with zero attached hydrogens (tertiary/aromatic N) is 6. The van der Waals surface area contributed by atoms with Crippen molar-refractivity contribution in [3.63, 3.8) is 0 Å². The summed E-state index contributed by atoms with van der Waals surface area (Å²) in [6, 6.07) is 8.95. The molecule has 0 radical (unpaired) electrons. The molecule has 1 aromatic carbocycles. The van der Waals surface area contributed by atoms with E-state index in [0.29, 0.717) is 29.2 Å². The van der Waals surface area contributed by atoms with Gasteiger partial charge in [-0.1, -0.05) is 23.7 Å². The number of aryl methyl sites for hydroxylation is 1. The topological polar surface area (TPSA) is 114 Å². The van der Waals surface area contributed by atoms with Gasteiger partial charge in [0.15, 0.2) is 11.9 Å². The largest absolute Gasteiger partial charge is 0.619 e. The molecule has 1 saturated heterocycles. The Morgan fingerprint density at radius 1 is 1.03 bits per heavy atom. The van der Waals surface area contributed by atoms with Crippen molar-refractivity contribution >= 4 is 27.7 Å². The zero-order chi connectivity index (χ0) is 25.4. The zero-order valence-corrected chi connectivity index (χ0v) is 21.2. The first-order valence-electron chi connectivity index (χ1n) is 11.6. The van der Waals surface area contributed by atoms with Crippen LogP contribution in [-0.2, 0) is 23.2 Å². The summed E-state index contributed by atoms with van der Waals surface area (Å²) in [4.78, 5) is 22.9. The molecule has 3 aromatic rings. The predicted octanol–water partition coefficient (Wildman–Crippen LogP) is 1.80. The maximum absolute atomic E-state index is 13.3. The van der Waals surface area contributed by atoms with Crippen molar-refractivity contribution in [1.29, 1.82) is 0 Å². The third-order valence-electron chi connectivity index (χ3n) is 6.63. The fraction of sp³-hybridized carbons (Fsp3) is 0.333. The quantitative estimate of drug-likeness (QED) is 0.377. The van der Waals surface area contributed by atoms with E-state index in [4.69, 9.17) is 11.6 Å². The Bertz CT molecular complexity index is 1410. The number of halogens is 1. The molecule has 0 bridgehead atoms. The molecular weight excluding hydrogens is 504 g/mol. The summed E-state index contributed by atoms with van der Waals surface area (Å²) >= 11 is 6.26. The minimum Gasteiger partial charge on any atom is -0.619 e. The summed E-state index contributed by atoms with van der Waals surface area (Å²) in [6.07, 6.45) is 5.07. The van der Waals surface area contributed by atoms with Crippen LogP contribution in [0.25, 0.3) is 11.1 Å². The number of carbonyl (C=O) groups excluding carboxylic acids is 1. The second-order valence-corrected chi connectivity index (χ2v) is 11.2. The van der Waals surface area contributed by atoms with Gasteiger partial charge < -0.3 is 10.1 Å². The van der Waals surface area contributed by atoms with E-state index in [1.807, 2.05) is 18.2 Å². The Balaban J connectivity index is 1.22. The summed E-state index contributed by atoms with van der Waals surface area (Å²) in [6.45, 7) is 3.26. The lowest BCUT2D eigenvalue weighted by molar-refractivity contribution is -0.612. The van der Waals surface area contributed by atoms with Crippen molar-refractivity contribution < 1.29 is 17.9 Å². The molecule has 10 nitrogen and oxygen atoms in total. The van der Waals surface area contributed by atoms with E-state index >= 15 is 0 Å². The molecule has 188 valence electrons. The number of hydrogen-bond donors (Lipinski definition) is 0. The van der Waals surface area contributed by atoms with Gasteiger partial charge >= 0.3 is 0 Å². The lowest BCUT2D eigenvalue weighted by Gasteiger charge is -2.38. The van der Waals surface area contributed by atoms with Gasteiger partial charge in [-0.15, -0.1) is 0 Å². The van der Waals surface area contributed by atoms with E-state index in [-0.39, 0.29) is 44.5 Å². The van der Waals surface area contributed by atoms with Crippen LogP contribution in [-0.4, -0.2) is 70.5 Å². The van der Waals surface area contributed by atoms with Gasteiger partial charge in [0, 0.05) is 81.3 Å². The average Bonchev–Trinajstić information content (AvgIpc) is 2.90. The first-order chi connectivity index (χ1) is 17.2. The van der Waals surface area contributed by atoms with Crippen molar-refractivity contribution in [3.05, 3.63) is 81.8 Å². The zero-order valence-electron chi connectivity index (χ0n) is 19.7. The summed E-state index contributed by atoms with van der Waals surface area (Å²) < 4.78 is 30.2. The van der Waals surface area contributed by atoms with Crippen molar-refractivity contribution in [2.45, 2.75) is 19.9 Å². The number of carbonyl (C=O) groups is 1. The lowest BCUT2D eigenvalue weighted by atomic mass is 10.0. The monoisotopic (exact) mass is 528 g/mol. The smallest absolute Gasteiger partial charge is 0.291 e. The van der Waals surface area contributed by atoms with E-state index in [9.17, 15) is 18.4 Å². The third-order valence-corrected chi connectivity index (χ3v) is 8.97. The van der Waals surface area contributed by atoms with Crippen molar-refractivity contribution in [1.82, 2.24) is 23.5 Å². The Morgan fingerprint density at radius 3 is 2.44 bits per heavy atom. The van der Waals surface area contributed by atoms with Gasteiger partial charge in [0.25, 0.3) is 16.1 Å². The summed E-state index contributed by atoms with van der Waals surface area (Å²) in [5.74, 6) is -0.298. The molecule has 36 heavy (non-hydrogen) atoms. The van der Waals surface area contributed by atoms with Crippen LogP contribution in [0.5, 0.6) is 0 Å². The molecule has 5 rings (SSSR count). The van der Waals surface area contributed by atoms with Crippen LogP contribution in [0.2, 0.25) is 5.02 Å². The second-order valence-electron chi connectivity index (χ2n) is 8.84. The van der Waals surface area contributed by atoms with E-state index in [0.717, 1.165) is 21.4 Å². The van der Waals surface area contributed by atoms with Crippen molar-refractivity contribution in [2.24, 2.45) is 0 Å². The predicted molar refractivity (Wildman–Crippen MR) is 133 cm³/mol. The van der Waals surface area contributed by atoms with Crippen LogP contribution in [0.4, 0.5) is 0 Å². The molecule has 0 N–H and O–H groups in total. The molecule has 0 spiro atoms. The molecule has 4 heterocycles. The van der Waals surface area contributed by atoms with Gasteiger partial charge in [-0.05, 0) is 29.2 Å². The molecule has 1 amide bonds. The number of hydrogen-bond acceptors (Lipinski definition) is 6. The first kappa shape index (κ1) is 24.6. The summed E-state index contributed by atoms with van der Waals surface area (Å²) in [5, 5.41) is 12.2. The second kappa shape index (κ2) is 9.74. The fourth-order valence-electron chi connectivity index (χ4n) is 4.53. The number of piperazine rings is 1. The van der Waals surface area contributed by atoms with Crippen LogP contribution in [0.1, 0.15) is 27.4 Å². The normalized spacial score (nSPS) is 17.1. The van der Waals surface area contributed by atoms with Gasteiger partial charge in [0.05, 0.1) is 0 Å². The maximum atomic E-state index is 13.3. The van der Waals surface area contributed by atoms with Crippen LogP contribution in [0.15, 0.2) is 48.9 Å². The highest BCUT2D eigenvalue weighted by molar-refractivity contribution is 7.86. The average molecular weight is 529 g/mol. The Morgan fingerprint density at radius 2 is 1.75 bits per heavy atom. The van der Waals surface area contributed by atoms with Gasteiger partial charge in [-0.25, -0.2) is 9.97 Å². The summed E-state index contributed by atoms with van der Waals surface area (Å²) in [7, 11) is -3.67.